The average Bonchev–Trinajstić information content (AvgIpc) is 3.31. The molecule has 1 saturated carbocycles. The van der Waals surface area contributed by atoms with Crippen LogP contribution in [0.15, 0.2) is 12.3 Å². The molecule has 0 spiro atoms. The van der Waals surface area contributed by atoms with Crippen molar-refractivity contribution in [1.29, 1.82) is 0 Å². The van der Waals surface area contributed by atoms with E-state index in [0.29, 0.717) is 16.4 Å². The fourth-order valence-corrected chi connectivity index (χ4v) is 2.91. The number of anilines is 1. The van der Waals surface area contributed by atoms with E-state index < -0.39 is 0 Å². The highest BCUT2D eigenvalue weighted by atomic mass is 35.5. The van der Waals surface area contributed by atoms with E-state index >= 15 is 0 Å². The third-order valence-corrected chi connectivity index (χ3v) is 4.28. The SMILES string of the molecule is CNc1ncc(C(=O)N2CCN(C3CC3)CC2)cc1Cl. The average molecular weight is 295 g/mol. The molecule has 0 unspecified atom stereocenters. The standard InChI is InChI=1S/C14H19ClN4O/c1-16-13-12(15)8-10(9-17-13)14(20)19-6-4-18(5-7-19)11-2-3-11/h8-9,11H,2-7H2,1H3,(H,16,17). The Balaban J connectivity index is 1.65. The van der Waals surface area contributed by atoms with E-state index in [0.717, 1.165) is 32.2 Å². The van der Waals surface area contributed by atoms with Crippen LogP contribution in [-0.4, -0.2) is 60.0 Å². The molecule has 2 heterocycles. The van der Waals surface area contributed by atoms with Crippen LogP contribution in [0.25, 0.3) is 0 Å². The van der Waals surface area contributed by atoms with E-state index in [2.05, 4.69) is 15.2 Å². The number of pyridine rings is 1. The van der Waals surface area contributed by atoms with Crippen LogP contribution < -0.4 is 5.32 Å². The van der Waals surface area contributed by atoms with Gasteiger partial charge in [-0.3, -0.25) is 9.69 Å². The Morgan fingerprint density at radius 3 is 2.60 bits per heavy atom. The van der Waals surface area contributed by atoms with Crippen molar-refractivity contribution in [3.05, 3.63) is 22.8 Å². The number of carbonyl (C=O) groups is 1. The van der Waals surface area contributed by atoms with Crippen molar-refractivity contribution in [3.63, 3.8) is 0 Å². The fraction of sp³-hybridized carbons (Fsp3) is 0.571. The lowest BCUT2D eigenvalue weighted by Gasteiger charge is -2.34. The van der Waals surface area contributed by atoms with Gasteiger partial charge in [0, 0.05) is 45.5 Å². The first-order valence-corrected chi connectivity index (χ1v) is 7.43. The molecular weight excluding hydrogens is 276 g/mol. The van der Waals surface area contributed by atoms with Gasteiger partial charge in [-0.1, -0.05) is 11.6 Å². The molecule has 0 aromatic carbocycles. The van der Waals surface area contributed by atoms with E-state index in [-0.39, 0.29) is 5.91 Å². The summed E-state index contributed by atoms with van der Waals surface area (Å²) < 4.78 is 0. The van der Waals surface area contributed by atoms with Gasteiger partial charge in [-0.05, 0) is 18.9 Å². The molecule has 1 N–H and O–H groups in total. The van der Waals surface area contributed by atoms with Gasteiger partial charge in [0.25, 0.3) is 5.91 Å². The second kappa shape index (κ2) is 5.58. The summed E-state index contributed by atoms with van der Waals surface area (Å²) in [5.74, 6) is 0.624. The fourth-order valence-electron chi connectivity index (χ4n) is 2.65. The van der Waals surface area contributed by atoms with Crippen LogP contribution in [0.1, 0.15) is 23.2 Å². The van der Waals surface area contributed by atoms with E-state index in [1.165, 1.54) is 12.8 Å². The van der Waals surface area contributed by atoms with Gasteiger partial charge in [0.1, 0.15) is 5.82 Å². The van der Waals surface area contributed by atoms with Crippen LogP contribution >= 0.6 is 11.6 Å². The number of aromatic nitrogens is 1. The Hall–Kier alpha value is -1.33. The molecule has 2 fully saturated rings. The van der Waals surface area contributed by atoms with Gasteiger partial charge >= 0.3 is 0 Å². The monoisotopic (exact) mass is 294 g/mol. The molecule has 1 aromatic rings. The van der Waals surface area contributed by atoms with Crippen LogP contribution in [0.5, 0.6) is 0 Å². The maximum absolute atomic E-state index is 12.4. The Bertz CT molecular complexity index is 510. The van der Waals surface area contributed by atoms with Gasteiger partial charge in [-0.2, -0.15) is 0 Å². The number of nitrogens with one attached hydrogen (secondary N) is 1. The first kappa shape index (κ1) is 13.6. The highest BCUT2D eigenvalue weighted by Crippen LogP contribution is 2.28. The zero-order valence-electron chi connectivity index (χ0n) is 11.6. The summed E-state index contributed by atoms with van der Waals surface area (Å²) in [5.41, 5.74) is 0.564. The Labute approximate surface area is 123 Å². The van der Waals surface area contributed by atoms with Crippen molar-refractivity contribution in [2.45, 2.75) is 18.9 Å². The van der Waals surface area contributed by atoms with Crippen LogP contribution in [-0.2, 0) is 0 Å². The molecule has 0 atom stereocenters. The van der Waals surface area contributed by atoms with Gasteiger partial charge in [-0.15, -0.1) is 0 Å². The molecule has 20 heavy (non-hydrogen) atoms. The smallest absolute Gasteiger partial charge is 0.255 e. The third-order valence-electron chi connectivity index (χ3n) is 3.99. The lowest BCUT2D eigenvalue weighted by Crippen LogP contribution is -2.49. The summed E-state index contributed by atoms with van der Waals surface area (Å²) in [6, 6.07) is 2.47. The second-order valence-corrected chi connectivity index (χ2v) is 5.77. The van der Waals surface area contributed by atoms with E-state index in [9.17, 15) is 4.79 Å². The van der Waals surface area contributed by atoms with Crippen LogP contribution in [0.3, 0.4) is 0 Å². The van der Waals surface area contributed by atoms with Gasteiger partial charge < -0.3 is 10.2 Å². The largest absolute Gasteiger partial charge is 0.372 e. The number of halogens is 1. The summed E-state index contributed by atoms with van der Waals surface area (Å²) >= 11 is 6.08. The summed E-state index contributed by atoms with van der Waals surface area (Å²) in [4.78, 5) is 21.0. The molecule has 1 saturated heterocycles. The molecular formula is C14H19ClN4O. The normalized spacial score (nSPS) is 20.0. The third kappa shape index (κ3) is 2.74. The molecule has 2 aliphatic rings. The molecule has 0 bridgehead atoms. The molecule has 1 aliphatic carbocycles. The van der Waals surface area contributed by atoms with Crippen LogP contribution in [0.4, 0.5) is 5.82 Å². The maximum Gasteiger partial charge on any atom is 0.255 e. The Morgan fingerprint density at radius 2 is 2.05 bits per heavy atom. The van der Waals surface area contributed by atoms with Crippen LogP contribution in [0, 0.1) is 0 Å². The second-order valence-electron chi connectivity index (χ2n) is 5.36. The lowest BCUT2D eigenvalue weighted by molar-refractivity contribution is 0.0627. The highest BCUT2D eigenvalue weighted by Gasteiger charge is 2.32. The summed E-state index contributed by atoms with van der Waals surface area (Å²) in [6.07, 6.45) is 4.23. The summed E-state index contributed by atoms with van der Waals surface area (Å²) in [7, 11) is 1.76. The van der Waals surface area contributed by atoms with Gasteiger partial charge in [-0.25, -0.2) is 4.98 Å². The van der Waals surface area contributed by atoms with Crippen molar-refractivity contribution in [1.82, 2.24) is 14.8 Å². The number of amides is 1. The Morgan fingerprint density at radius 1 is 1.35 bits per heavy atom. The number of piperazine rings is 1. The van der Waals surface area contributed by atoms with E-state index in [4.69, 9.17) is 11.6 Å². The van der Waals surface area contributed by atoms with E-state index in [1.54, 1.807) is 19.3 Å². The van der Waals surface area contributed by atoms with E-state index in [1.807, 2.05) is 4.90 Å². The number of hydrogen-bond acceptors (Lipinski definition) is 4. The molecule has 0 radical (unpaired) electrons. The number of rotatable bonds is 3. The highest BCUT2D eigenvalue weighted by molar-refractivity contribution is 6.33. The van der Waals surface area contributed by atoms with Crippen molar-refractivity contribution < 1.29 is 4.79 Å². The maximum atomic E-state index is 12.4. The van der Waals surface area contributed by atoms with Gasteiger partial charge in [0.2, 0.25) is 0 Å². The first-order valence-electron chi connectivity index (χ1n) is 7.05. The summed E-state index contributed by atoms with van der Waals surface area (Å²) in [6.45, 7) is 3.54. The summed E-state index contributed by atoms with van der Waals surface area (Å²) in [5, 5.41) is 3.37. The lowest BCUT2D eigenvalue weighted by atomic mass is 10.2. The zero-order valence-corrected chi connectivity index (χ0v) is 12.4. The minimum absolute atomic E-state index is 0.0255. The molecule has 1 aliphatic heterocycles. The molecule has 1 amide bonds. The number of nitrogens with zero attached hydrogens (tertiary/aromatic N) is 3. The predicted octanol–water partition coefficient (Wildman–Crippen LogP) is 1.70. The van der Waals surface area contributed by atoms with Crippen molar-refractivity contribution in [3.8, 4) is 0 Å². The minimum atomic E-state index is 0.0255. The number of carbonyl (C=O) groups excluding carboxylic acids is 1. The van der Waals surface area contributed by atoms with Crippen molar-refractivity contribution in [2.75, 3.05) is 38.5 Å². The molecule has 5 nitrogen and oxygen atoms in total. The van der Waals surface area contributed by atoms with Gasteiger partial charge in [0.15, 0.2) is 0 Å². The Kier molecular flexibility index (Phi) is 3.81. The topological polar surface area (TPSA) is 48.5 Å². The van der Waals surface area contributed by atoms with Crippen molar-refractivity contribution in [2.24, 2.45) is 0 Å². The molecule has 6 heteroatoms. The zero-order chi connectivity index (χ0) is 14.1. The quantitative estimate of drug-likeness (QED) is 0.922. The molecule has 1 aromatic heterocycles. The molecule has 108 valence electrons. The van der Waals surface area contributed by atoms with Crippen molar-refractivity contribution >= 4 is 23.3 Å². The predicted molar refractivity (Wildman–Crippen MR) is 79.3 cm³/mol. The van der Waals surface area contributed by atoms with Gasteiger partial charge in [0.05, 0.1) is 10.6 Å². The minimum Gasteiger partial charge on any atom is -0.372 e. The molecule has 3 rings (SSSR count). The number of hydrogen-bond donors (Lipinski definition) is 1. The van der Waals surface area contributed by atoms with Crippen LogP contribution in [0.2, 0.25) is 5.02 Å². The first-order chi connectivity index (χ1) is 9.69.